The summed E-state index contributed by atoms with van der Waals surface area (Å²) in [6.45, 7) is 8.17. The minimum Gasteiger partial charge on any atom is -0.379 e. The number of aliphatic imine (C=N–C) groups is 1. The Bertz CT molecular complexity index is 672. The number of hydrogen-bond acceptors (Lipinski definition) is 5. The van der Waals surface area contributed by atoms with E-state index in [4.69, 9.17) is 9.73 Å². The SMILES string of the molecule is CC1CCC(NC(=NCc2ccc([N+](=O)[O-])cc2)NCCN2CCOCC2)CC1.I. The van der Waals surface area contributed by atoms with Crippen LogP contribution in [0.1, 0.15) is 38.2 Å². The number of non-ortho nitro benzene ring substituents is 1. The normalized spacial score (nSPS) is 22.8. The van der Waals surface area contributed by atoms with Gasteiger partial charge < -0.3 is 15.4 Å². The second kappa shape index (κ2) is 13.1. The number of nitro groups is 1. The van der Waals surface area contributed by atoms with Crippen LogP contribution < -0.4 is 10.6 Å². The molecule has 3 rings (SSSR count). The molecule has 0 unspecified atom stereocenters. The molecule has 9 heteroatoms. The molecular formula is C21H34IN5O3. The van der Waals surface area contributed by atoms with Crippen molar-refractivity contribution in [1.82, 2.24) is 15.5 Å². The fourth-order valence-corrected chi connectivity index (χ4v) is 3.80. The summed E-state index contributed by atoms with van der Waals surface area (Å²) in [5.41, 5.74) is 1.07. The number of nitrogens with one attached hydrogen (secondary N) is 2. The summed E-state index contributed by atoms with van der Waals surface area (Å²) in [7, 11) is 0. The molecule has 1 heterocycles. The molecule has 0 aromatic heterocycles. The standard InChI is InChI=1S/C21H33N5O3.HI/c1-17-2-6-19(7-3-17)24-21(22-10-11-25-12-14-29-15-13-25)23-16-18-4-8-20(9-5-18)26(27)28;/h4-5,8-9,17,19H,2-3,6-7,10-16H2,1H3,(H2,22,23,24);1H. The lowest BCUT2D eigenvalue weighted by Crippen LogP contribution is -2.47. The van der Waals surface area contributed by atoms with Crippen LogP contribution in [0.25, 0.3) is 0 Å². The molecule has 1 aromatic carbocycles. The lowest BCUT2D eigenvalue weighted by molar-refractivity contribution is -0.384. The minimum atomic E-state index is -0.378. The highest BCUT2D eigenvalue weighted by atomic mass is 127. The van der Waals surface area contributed by atoms with Gasteiger partial charge in [0.1, 0.15) is 0 Å². The van der Waals surface area contributed by atoms with Crippen molar-refractivity contribution >= 4 is 35.6 Å². The van der Waals surface area contributed by atoms with Gasteiger partial charge in [-0.15, -0.1) is 24.0 Å². The average molecular weight is 531 g/mol. The predicted octanol–water partition coefficient (Wildman–Crippen LogP) is 3.16. The highest BCUT2D eigenvalue weighted by Gasteiger charge is 2.19. The summed E-state index contributed by atoms with van der Waals surface area (Å²) in [6, 6.07) is 7.07. The van der Waals surface area contributed by atoms with Gasteiger partial charge in [-0.2, -0.15) is 0 Å². The Labute approximate surface area is 196 Å². The van der Waals surface area contributed by atoms with Gasteiger partial charge in [0.25, 0.3) is 5.69 Å². The van der Waals surface area contributed by atoms with Crippen molar-refractivity contribution in [1.29, 1.82) is 0 Å². The van der Waals surface area contributed by atoms with E-state index < -0.39 is 0 Å². The summed E-state index contributed by atoms with van der Waals surface area (Å²) < 4.78 is 5.41. The van der Waals surface area contributed by atoms with Crippen LogP contribution in [0.5, 0.6) is 0 Å². The molecule has 2 fully saturated rings. The van der Waals surface area contributed by atoms with E-state index in [1.54, 1.807) is 12.1 Å². The maximum absolute atomic E-state index is 10.8. The van der Waals surface area contributed by atoms with Crippen molar-refractivity contribution in [2.45, 2.75) is 45.2 Å². The number of nitrogens with zero attached hydrogens (tertiary/aromatic N) is 3. The second-order valence-electron chi connectivity index (χ2n) is 8.07. The molecule has 0 bridgehead atoms. The Morgan fingerprint density at radius 2 is 1.87 bits per heavy atom. The van der Waals surface area contributed by atoms with Crippen molar-refractivity contribution in [2.24, 2.45) is 10.9 Å². The highest BCUT2D eigenvalue weighted by molar-refractivity contribution is 14.0. The number of halogens is 1. The van der Waals surface area contributed by atoms with Gasteiger partial charge in [-0.1, -0.05) is 19.1 Å². The van der Waals surface area contributed by atoms with Crippen molar-refractivity contribution < 1.29 is 9.66 Å². The molecule has 0 spiro atoms. The van der Waals surface area contributed by atoms with Crippen LogP contribution in [0.2, 0.25) is 0 Å². The summed E-state index contributed by atoms with van der Waals surface area (Å²) in [4.78, 5) is 17.6. The number of benzene rings is 1. The largest absolute Gasteiger partial charge is 0.379 e. The van der Waals surface area contributed by atoms with E-state index >= 15 is 0 Å². The molecule has 1 aliphatic carbocycles. The van der Waals surface area contributed by atoms with Gasteiger partial charge in [0.2, 0.25) is 0 Å². The Balaban J connectivity index is 0.00000320. The molecule has 1 saturated heterocycles. The van der Waals surface area contributed by atoms with Gasteiger partial charge in [-0.3, -0.25) is 15.0 Å². The number of morpholine rings is 1. The smallest absolute Gasteiger partial charge is 0.269 e. The van der Waals surface area contributed by atoms with Crippen molar-refractivity contribution in [3.63, 3.8) is 0 Å². The van der Waals surface area contributed by atoms with Gasteiger partial charge >= 0.3 is 0 Å². The summed E-state index contributed by atoms with van der Waals surface area (Å²) in [5, 5.41) is 17.9. The van der Waals surface area contributed by atoms with E-state index in [0.29, 0.717) is 12.6 Å². The van der Waals surface area contributed by atoms with Crippen LogP contribution in [0, 0.1) is 16.0 Å². The maximum atomic E-state index is 10.8. The van der Waals surface area contributed by atoms with Crippen molar-refractivity contribution in [3.05, 3.63) is 39.9 Å². The van der Waals surface area contributed by atoms with Crippen LogP contribution in [-0.2, 0) is 11.3 Å². The molecule has 8 nitrogen and oxygen atoms in total. The Morgan fingerprint density at radius 3 is 2.50 bits per heavy atom. The summed E-state index contributed by atoms with van der Waals surface area (Å²) >= 11 is 0. The van der Waals surface area contributed by atoms with Crippen LogP contribution in [-0.4, -0.2) is 61.2 Å². The van der Waals surface area contributed by atoms with Gasteiger partial charge in [-0.25, -0.2) is 4.99 Å². The number of guanidine groups is 1. The maximum Gasteiger partial charge on any atom is 0.269 e. The molecule has 1 aromatic rings. The fraction of sp³-hybridized carbons (Fsp3) is 0.667. The predicted molar refractivity (Wildman–Crippen MR) is 129 cm³/mol. The molecule has 2 aliphatic rings. The van der Waals surface area contributed by atoms with Crippen LogP contribution >= 0.6 is 24.0 Å². The first-order chi connectivity index (χ1) is 14.1. The Morgan fingerprint density at radius 1 is 1.20 bits per heavy atom. The lowest BCUT2D eigenvalue weighted by atomic mass is 9.87. The highest BCUT2D eigenvalue weighted by Crippen LogP contribution is 2.23. The van der Waals surface area contributed by atoms with E-state index in [0.717, 1.165) is 56.8 Å². The third-order valence-corrected chi connectivity index (χ3v) is 5.75. The first-order valence-corrected chi connectivity index (χ1v) is 10.7. The molecule has 30 heavy (non-hydrogen) atoms. The first kappa shape index (κ1) is 24.8. The van der Waals surface area contributed by atoms with Crippen LogP contribution in [0.4, 0.5) is 5.69 Å². The zero-order valence-corrected chi connectivity index (χ0v) is 20.0. The third-order valence-electron chi connectivity index (χ3n) is 5.75. The average Bonchev–Trinajstić information content (AvgIpc) is 2.74. The minimum absolute atomic E-state index is 0. The number of ether oxygens (including phenoxy) is 1. The number of hydrogen-bond donors (Lipinski definition) is 2. The third kappa shape index (κ3) is 8.35. The van der Waals surface area contributed by atoms with Gasteiger partial charge in [0.05, 0.1) is 24.7 Å². The first-order valence-electron chi connectivity index (χ1n) is 10.7. The lowest BCUT2D eigenvalue weighted by Gasteiger charge is -2.29. The quantitative estimate of drug-likeness (QED) is 0.185. The van der Waals surface area contributed by atoms with Gasteiger partial charge in [-0.05, 0) is 37.2 Å². The van der Waals surface area contributed by atoms with E-state index in [1.807, 2.05) is 0 Å². The summed E-state index contributed by atoms with van der Waals surface area (Å²) in [6.07, 6.45) is 4.84. The molecule has 0 radical (unpaired) electrons. The Kier molecular flexibility index (Phi) is 10.8. The van der Waals surface area contributed by atoms with Crippen LogP contribution in [0.3, 0.4) is 0 Å². The number of nitro benzene ring substituents is 1. The Hall–Kier alpha value is -1.46. The van der Waals surface area contributed by atoms with E-state index in [2.05, 4.69) is 22.5 Å². The second-order valence-corrected chi connectivity index (χ2v) is 8.07. The van der Waals surface area contributed by atoms with E-state index in [1.165, 1.54) is 37.8 Å². The molecule has 1 aliphatic heterocycles. The fourth-order valence-electron chi connectivity index (χ4n) is 3.80. The summed E-state index contributed by atoms with van der Waals surface area (Å²) in [5.74, 6) is 1.64. The van der Waals surface area contributed by atoms with Crippen molar-refractivity contribution in [2.75, 3.05) is 39.4 Å². The topological polar surface area (TPSA) is 92.0 Å². The number of rotatable bonds is 7. The zero-order chi connectivity index (χ0) is 20.5. The molecule has 2 N–H and O–H groups in total. The van der Waals surface area contributed by atoms with Crippen molar-refractivity contribution in [3.8, 4) is 0 Å². The molecule has 1 saturated carbocycles. The van der Waals surface area contributed by atoms with Gasteiger partial charge in [0.15, 0.2) is 5.96 Å². The molecular weight excluding hydrogens is 497 g/mol. The van der Waals surface area contributed by atoms with E-state index in [-0.39, 0.29) is 34.6 Å². The molecule has 0 atom stereocenters. The molecule has 168 valence electrons. The monoisotopic (exact) mass is 531 g/mol. The molecule has 0 amide bonds. The van der Waals surface area contributed by atoms with Gasteiger partial charge in [0, 0.05) is 44.4 Å². The van der Waals surface area contributed by atoms with Crippen LogP contribution in [0.15, 0.2) is 29.3 Å². The zero-order valence-electron chi connectivity index (χ0n) is 17.7. The van der Waals surface area contributed by atoms with E-state index in [9.17, 15) is 10.1 Å².